The van der Waals surface area contributed by atoms with Crippen molar-refractivity contribution in [1.82, 2.24) is 24.8 Å². The first-order valence-electron chi connectivity index (χ1n) is 27.4. The Labute approximate surface area is 448 Å². The molecule has 1 aromatic carbocycles. The monoisotopic (exact) mass is 1080 g/mol. The molecular weight excluding hydrogens is 994 g/mol. The fraction of sp³-hybridized carbons (Fsp3) is 0.836. The topological polar surface area (TPSA) is 214 Å². The second-order valence-corrected chi connectivity index (χ2v) is 23.7. The zero-order chi connectivity index (χ0) is 56.4. The van der Waals surface area contributed by atoms with Gasteiger partial charge in [-0.1, -0.05) is 45.0 Å². The average Bonchev–Trinajstić information content (AvgIpc) is 4.00. The molecule has 4 saturated heterocycles. The molecule has 0 saturated carbocycles. The Morgan fingerprint density at radius 3 is 2.24 bits per heavy atom. The van der Waals surface area contributed by atoms with Crippen LogP contribution in [-0.4, -0.2) is 207 Å². The average molecular weight is 1090 g/mol. The van der Waals surface area contributed by atoms with Crippen molar-refractivity contribution in [1.29, 1.82) is 0 Å². The van der Waals surface area contributed by atoms with E-state index in [0.717, 1.165) is 0 Å². The van der Waals surface area contributed by atoms with Gasteiger partial charge in [-0.25, -0.2) is 17.9 Å². The number of carbonyl (C=O) groups excluding carboxylic acids is 1. The van der Waals surface area contributed by atoms with Crippen LogP contribution in [0.5, 0.6) is 0 Å². The van der Waals surface area contributed by atoms with Gasteiger partial charge in [0, 0.05) is 83.0 Å². The first-order valence-corrected chi connectivity index (χ1v) is 27.4. The van der Waals surface area contributed by atoms with Gasteiger partial charge in [-0.05, 0) is 104 Å². The van der Waals surface area contributed by atoms with Crippen LogP contribution in [0.3, 0.4) is 0 Å². The van der Waals surface area contributed by atoms with Crippen molar-refractivity contribution in [2.45, 2.75) is 210 Å². The number of aliphatic hydroxyl groups is 5. The van der Waals surface area contributed by atoms with E-state index in [-0.39, 0.29) is 44.7 Å². The quantitative estimate of drug-likeness (QED) is 0.146. The van der Waals surface area contributed by atoms with Crippen LogP contribution < -0.4 is 4.90 Å². The number of esters is 1. The van der Waals surface area contributed by atoms with Crippen molar-refractivity contribution in [3.8, 4) is 0 Å². The van der Waals surface area contributed by atoms with Crippen molar-refractivity contribution >= 4 is 11.7 Å². The number of ether oxygens (including phenoxy) is 6. The highest BCUT2D eigenvalue weighted by Crippen LogP contribution is 2.45. The molecule has 0 spiro atoms. The SMILES string of the molecule is CC[C@H]1OC(=O)[C@H](C)[C@@H](C2C[C@@](C)(OC)[C@@H](O)[C@H](C)O2)[C@H](C)[C@@H](O[C@@H]2O[C@H](C)C[C@H](N(C)CCc3cn([C@H](CF)[C@H](OC)c4ccc(N5CCC(F)(F)C5)cc4)nn3)[C@H]2O)[C@](C)(O)C[C@@H](C)CN(C)[C@H](C)[C@@H](O)[C@]1(C)O. The van der Waals surface area contributed by atoms with Crippen LogP contribution in [-0.2, 0) is 39.6 Å². The lowest BCUT2D eigenvalue weighted by Crippen LogP contribution is -2.62. The summed E-state index contributed by atoms with van der Waals surface area (Å²) in [5.74, 6) is -6.08. The summed E-state index contributed by atoms with van der Waals surface area (Å²) < 4.78 is 82.2. The molecule has 0 bridgehead atoms. The van der Waals surface area contributed by atoms with Gasteiger partial charge in [0.2, 0.25) is 0 Å². The van der Waals surface area contributed by atoms with E-state index in [1.165, 1.54) is 25.8 Å². The number of nitrogens with zero attached hydrogens (tertiary/aromatic N) is 6. The van der Waals surface area contributed by atoms with Gasteiger partial charge in [0.1, 0.15) is 48.8 Å². The lowest BCUT2D eigenvalue weighted by molar-refractivity contribution is -0.302. The van der Waals surface area contributed by atoms with Crippen molar-refractivity contribution in [3.05, 3.63) is 41.7 Å². The Morgan fingerprint density at radius 2 is 1.64 bits per heavy atom. The third-order valence-electron chi connectivity index (χ3n) is 17.6. The second-order valence-electron chi connectivity index (χ2n) is 23.7. The molecule has 4 fully saturated rings. The van der Waals surface area contributed by atoms with E-state index in [1.54, 1.807) is 76.9 Å². The van der Waals surface area contributed by atoms with Crippen LogP contribution in [0.4, 0.5) is 18.9 Å². The van der Waals surface area contributed by atoms with Gasteiger partial charge in [0.05, 0.1) is 53.8 Å². The minimum Gasteiger partial charge on any atom is -0.459 e. The third kappa shape index (κ3) is 13.7. The summed E-state index contributed by atoms with van der Waals surface area (Å²) in [5, 5.41) is 68.9. The predicted molar refractivity (Wildman–Crippen MR) is 278 cm³/mol. The molecule has 434 valence electrons. The van der Waals surface area contributed by atoms with Crippen LogP contribution in [0.25, 0.3) is 0 Å². The molecule has 18 nitrogen and oxygen atoms in total. The summed E-state index contributed by atoms with van der Waals surface area (Å²) in [6.07, 6.45) is -6.89. The zero-order valence-electron chi connectivity index (χ0n) is 47.4. The maximum Gasteiger partial charge on any atom is 0.309 e. The minimum absolute atomic E-state index is 0.157. The number of anilines is 1. The van der Waals surface area contributed by atoms with E-state index < -0.39 is 132 Å². The van der Waals surface area contributed by atoms with Gasteiger partial charge in [0.15, 0.2) is 6.29 Å². The normalized spacial score (nSPS) is 40.3. The molecule has 0 aliphatic carbocycles. The van der Waals surface area contributed by atoms with Crippen LogP contribution in [0, 0.1) is 23.7 Å². The lowest BCUT2D eigenvalue weighted by Gasteiger charge is -2.51. The predicted octanol–water partition coefficient (Wildman–Crippen LogP) is 5.12. The highest BCUT2D eigenvalue weighted by Gasteiger charge is 2.55. The molecule has 4 aliphatic heterocycles. The van der Waals surface area contributed by atoms with E-state index in [4.69, 9.17) is 28.4 Å². The number of aliphatic hydroxyl groups excluding tert-OH is 3. The molecule has 0 radical (unpaired) electrons. The molecule has 21 heteroatoms. The van der Waals surface area contributed by atoms with Crippen molar-refractivity contribution in [3.63, 3.8) is 0 Å². The molecule has 5 N–H and O–H groups in total. The van der Waals surface area contributed by atoms with Crippen molar-refractivity contribution < 1.29 is 71.9 Å². The summed E-state index contributed by atoms with van der Waals surface area (Å²) in [6.45, 7) is 17.6. The molecular formula is C55H91F3N6O12. The summed E-state index contributed by atoms with van der Waals surface area (Å²) in [6, 6.07) is 5.02. The standard InChI is InChI=1S/C55H91F3N6O12/c1-15-43-54(10,70)47(66)35(6)62(12)28-31(2)25-52(8,69)49(33(4)44(34(5)50(68)75-43)42-26-53(9,72-14)48(67)36(7)74-42)76-51-45(65)40(24-32(3)73-51)61(11)22-20-38-29-64(60-59-38)41(27-56)46(71-13)37-16-18-39(19-17-37)63-23-21-55(57,58)30-63/h16-19,29,31-36,40-49,51,65-67,69-70H,15,20-28,30H2,1-14H3/t31-,32-,33+,34-,35-,36+,40+,41-,42?,43-,44+,45-,46-,47-,48+,49-,51+,52-,53-,54-/m1/s1. The number of methoxy groups -OCH3 is 2. The fourth-order valence-electron chi connectivity index (χ4n) is 12.9. The molecule has 1 aromatic heterocycles. The van der Waals surface area contributed by atoms with Gasteiger partial charge in [-0.2, -0.15) is 0 Å². The second kappa shape index (κ2) is 25.2. The molecule has 76 heavy (non-hydrogen) atoms. The first kappa shape index (κ1) is 62.1. The number of hydrogen-bond donors (Lipinski definition) is 5. The number of aromatic nitrogens is 3. The number of hydrogen-bond acceptors (Lipinski definition) is 17. The molecule has 5 heterocycles. The van der Waals surface area contributed by atoms with Crippen molar-refractivity contribution in [2.75, 3.05) is 66.1 Å². The summed E-state index contributed by atoms with van der Waals surface area (Å²) in [4.78, 5) is 20.2. The molecule has 6 rings (SSSR count). The zero-order valence-corrected chi connectivity index (χ0v) is 47.4. The summed E-state index contributed by atoms with van der Waals surface area (Å²) in [5.41, 5.74) is -2.70. The van der Waals surface area contributed by atoms with Crippen LogP contribution in [0.2, 0.25) is 0 Å². The van der Waals surface area contributed by atoms with Gasteiger partial charge in [-0.15, -0.1) is 5.10 Å². The Balaban J connectivity index is 1.25. The molecule has 1 unspecified atom stereocenters. The Morgan fingerprint density at radius 1 is 0.974 bits per heavy atom. The van der Waals surface area contributed by atoms with Gasteiger partial charge in [-0.3, -0.25) is 4.79 Å². The largest absolute Gasteiger partial charge is 0.459 e. The first-order chi connectivity index (χ1) is 35.5. The fourth-order valence-corrected chi connectivity index (χ4v) is 12.9. The molecule has 4 aliphatic rings. The number of cyclic esters (lactones) is 1. The van der Waals surface area contributed by atoms with Crippen LogP contribution in [0.15, 0.2) is 30.5 Å². The van der Waals surface area contributed by atoms with E-state index in [1.807, 2.05) is 44.7 Å². The van der Waals surface area contributed by atoms with E-state index in [2.05, 4.69) is 10.3 Å². The smallest absolute Gasteiger partial charge is 0.309 e. The summed E-state index contributed by atoms with van der Waals surface area (Å²) in [7, 11) is 6.69. The van der Waals surface area contributed by atoms with Gasteiger partial charge >= 0.3 is 5.97 Å². The van der Waals surface area contributed by atoms with E-state index in [9.17, 15) is 43.5 Å². The molecule has 0 amide bonds. The number of carbonyl (C=O) groups is 1. The van der Waals surface area contributed by atoms with E-state index in [0.29, 0.717) is 42.9 Å². The maximum absolute atomic E-state index is 14.9. The number of rotatable bonds is 15. The number of benzene rings is 1. The van der Waals surface area contributed by atoms with Crippen molar-refractivity contribution in [2.24, 2.45) is 23.7 Å². The summed E-state index contributed by atoms with van der Waals surface area (Å²) >= 11 is 0. The Kier molecular flexibility index (Phi) is 20.6. The van der Waals surface area contributed by atoms with Gasteiger partial charge < -0.3 is 68.7 Å². The van der Waals surface area contributed by atoms with Crippen LogP contribution >= 0.6 is 0 Å². The highest BCUT2D eigenvalue weighted by molar-refractivity contribution is 5.73. The number of halogens is 3. The third-order valence-corrected chi connectivity index (χ3v) is 17.6. The molecule has 2 aromatic rings. The Bertz CT molecular complexity index is 2160. The minimum atomic E-state index is -2.74. The van der Waals surface area contributed by atoms with Gasteiger partial charge in [0.25, 0.3) is 5.92 Å². The van der Waals surface area contributed by atoms with E-state index >= 15 is 0 Å². The van der Waals surface area contributed by atoms with Crippen LogP contribution in [0.1, 0.15) is 125 Å². The maximum atomic E-state index is 14.9. The highest BCUT2D eigenvalue weighted by atomic mass is 19.3. The molecule has 20 atom stereocenters. The Hall–Kier alpha value is -3.06. The number of alkyl halides is 3. The lowest BCUT2D eigenvalue weighted by atomic mass is 9.68. The number of likely N-dealkylation sites (N-methyl/N-ethyl adjacent to an activating group) is 2.